The number of hydrogen-bond donors (Lipinski definition) is 2. The van der Waals surface area contributed by atoms with E-state index < -0.39 is 0 Å². The van der Waals surface area contributed by atoms with Gasteiger partial charge in [0.05, 0.1) is 0 Å². The van der Waals surface area contributed by atoms with Crippen LogP contribution in [0.25, 0.3) is 0 Å². The summed E-state index contributed by atoms with van der Waals surface area (Å²) in [5, 5.41) is 3.55. The van der Waals surface area contributed by atoms with Crippen LogP contribution in [0.3, 0.4) is 0 Å². The van der Waals surface area contributed by atoms with Gasteiger partial charge in [-0.1, -0.05) is 25.1 Å². The summed E-state index contributed by atoms with van der Waals surface area (Å²) < 4.78 is 0. The van der Waals surface area contributed by atoms with Crippen LogP contribution in [0.5, 0.6) is 0 Å². The molecule has 1 unspecified atom stereocenters. The fourth-order valence-corrected chi connectivity index (χ4v) is 3.11. The molecule has 0 aliphatic heterocycles. The van der Waals surface area contributed by atoms with Crippen LogP contribution in [-0.2, 0) is 19.4 Å². The average Bonchev–Trinajstić information content (AvgIpc) is 2.81. The zero-order valence-electron chi connectivity index (χ0n) is 12.2. The standard InChI is InChI=1S/C18H22N2/c1-12-9-15-5-8-18(13(2)17(15)10-12)20-11-14-3-6-16(19)7-4-14/h3-8,12,20H,9-11,19H2,1-2H3. The van der Waals surface area contributed by atoms with Gasteiger partial charge in [0.25, 0.3) is 0 Å². The van der Waals surface area contributed by atoms with Gasteiger partial charge >= 0.3 is 0 Å². The number of hydrogen-bond acceptors (Lipinski definition) is 2. The monoisotopic (exact) mass is 266 g/mol. The molecule has 0 fully saturated rings. The van der Waals surface area contributed by atoms with E-state index in [9.17, 15) is 0 Å². The summed E-state index contributed by atoms with van der Waals surface area (Å²) in [4.78, 5) is 0. The van der Waals surface area contributed by atoms with Crippen molar-refractivity contribution in [1.29, 1.82) is 0 Å². The van der Waals surface area contributed by atoms with Crippen molar-refractivity contribution in [2.75, 3.05) is 11.1 Å². The molecule has 2 aromatic carbocycles. The van der Waals surface area contributed by atoms with Crippen molar-refractivity contribution in [1.82, 2.24) is 0 Å². The van der Waals surface area contributed by atoms with Crippen molar-refractivity contribution in [3.63, 3.8) is 0 Å². The van der Waals surface area contributed by atoms with E-state index >= 15 is 0 Å². The minimum absolute atomic E-state index is 0.788. The number of rotatable bonds is 3. The lowest BCUT2D eigenvalue weighted by Crippen LogP contribution is -2.03. The van der Waals surface area contributed by atoms with Gasteiger partial charge in [-0.05, 0) is 66.1 Å². The van der Waals surface area contributed by atoms with E-state index in [4.69, 9.17) is 5.73 Å². The molecule has 1 aliphatic rings. The SMILES string of the molecule is Cc1c(NCc2ccc(N)cc2)ccc2c1CC(C)C2. The molecule has 0 bridgehead atoms. The van der Waals surface area contributed by atoms with Gasteiger partial charge in [0.2, 0.25) is 0 Å². The molecule has 0 amide bonds. The first-order valence-electron chi connectivity index (χ1n) is 7.33. The molecule has 104 valence electrons. The minimum Gasteiger partial charge on any atom is -0.399 e. The van der Waals surface area contributed by atoms with Crippen molar-refractivity contribution in [2.24, 2.45) is 5.92 Å². The third kappa shape index (κ3) is 2.51. The molecule has 0 saturated heterocycles. The van der Waals surface area contributed by atoms with Crippen molar-refractivity contribution in [3.8, 4) is 0 Å². The molecule has 0 spiro atoms. The Morgan fingerprint density at radius 2 is 1.85 bits per heavy atom. The van der Waals surface area contributed by atoms with Gasteiger partial charge in [0, 0.05) is 17.9 Å². The van der Waals surface area contributed by atoms with Crippen LogP contribution in [0.4, 0.5) is 11.4 Å². The summed E-state index contributed by atoms with van der Waals surface area (Å²) >= 11 is 0. The second-order valence-corrected chi connectivity index (χ2v) is 5.98. The van der Waals surface area contributed by atoms with Gasteiger partial charge in [-0.2, -0.15) is 0 Å². The van der Waals surface area contributed by atoms with Crippen LogP contribution in [0, 0.1) is 12.8 Å². The van der Waals surface area contributed by atoms with E-state index in [2.05, 4.69) is 43.4 Å². The fourth-order valence-electron chi connectivity index (χ4n) is 3.11. The average molecular weight is 266 g/mol. The van der Waals surface area contributed by atoms with Gasteiger partial charge in [-0.3, -0.25) is 0 Å². The molecule has 1 atom stereocenters. The lowest BCUT2D eigenvalue weighted by atomic mass is 10.0. The zero-order valence-corrected chi connectivity index (χ0v) is 12.2. The smallest absolute Gasteiger partial charge is 0.0400 e. The predicted octanol–water partition coefficient (Wildman–Crippen LogP) is 3.92. The first kappa shape index (κ1) is 13.0. The molecule has 0 radical (unpaired) electrons. The molecule has 0 aromatic heterocycles. The molecule has 3 rings (SSSR count). The van der Waals surface area contributed by atoms with Gasteiger partial charge in [-0.15, -0.1) is 0 Å². The topological polar surface area (TPSA) is 38.0 Å². The number of anilines is 2. The maximum Gasteiger partial charge on any atom is 0.0400 e. The third-order valence-electron chi connectivity index (χ3n) is 4.28. The van der Waals surface area contributed by atoms with E-state index in [-0.39, 0.29) is 0 Å². The van der Waals surface area contributed by atoms with Crippen LogP contribution in [0.15, 0.2) is 36.4 Å². The lowest BCUT2D eigenvalue weighted by molar-refractivity contribution is 0.627. The number of nitrogen functional groups attached to an aromatic ring is 1. The van der Waals surface area contributed by atoms with Crippen LogP contribution in [-0.4, -0.2) is 0 Å². The number of nitrogens with two attached hydrogens (primary N) is 1. The molecule has 1 aliphatic carbocycles. The molecule has 2 heteroatoms. The molecular formula is C18H22N2. The van der Waals surface area contributed by atoms with E-state index in [0.717, 1.165) is 18.2 Å². The molecule has 3 N–H and O–H groups in total. The number of fused-ring (bicyclic) bond motifs is 1. The lowest BCUT2D eigenvalue weighted by Gasteiger charge is -2.13. The Morgan fingerprint density at radius 1 is 1.10 bits per heavy atom. The van der Waals surface area contributed by atoms with Crippen molar-refractivity contribution >= 4 is 11.4 Å². The predicted molar refractivity (Wildman–Crippen MR) is 85.9 cm³/mol. The zero-order chi connectivity index (χ0) is 14.1. The third-order valence-corrected chi connectivity index (χ3v) is 4.28. The van der Waals surface area contributed by atoms with Crippen LogP contribution in [0.2, 0.25) is 0 Å². The van der Waals surface area contributed by atoms with Crippen molar-refractivity contribution in [2.45, 2.75) is 33.2 Å². The molecule has 2 aromatic rings. The maximum atomic E-state index is 5.71. The Balaban J connectivity index is 1.75. The first-order chi connectivity index (χ1) is 9.63. The van der Waals surface area contributed by atoms with E-state index in [1.807, 2.05) is 12.1 Å². The summed E-state index contributed by atoms with van der Waals surface area (Å²) in [5.74, 6) is 0.788. The summed E-state index contributed by atoms with van der Waals surface area (Å²) in [6.07, 6.45) is 2.45. The molecule has 0 heterocycles. The quantitative estimate of drug-likeness (QED) is 0.826. The van der Waals surface area contributed by atoms with Crippen molar-refractivity contribution < 1.29 is 0 Å². The molecule has 20 heavy (non-hydrogen) atoms. The van der Waals surface area contributed by atoms with Gasteiger partial charge < -0.3 is 11.1 Å². The maximum absolute atomic E-state index is 5.71. The number of nitrogens with one attached hydrogen (secondary N) is 1. The summed E-state index contributed by atoms with van der Waals surface area (Å²) in [6, 6.07) is 12.6. The van der Waals surface area contributed by atoms with Crippen LogP contribution >= 0.6 is 0 Å². The summed E-state index contributed by atoms with van der Waals surface area (Å²) in [5.41, 5.74) is 13.6. The highest BCUT2D eigenvalue weighted by Gasteiger charge is 2.20. The molecule has 0 saturated carbocycles. The normalized spacial score (nSPS) is 17.0. The Bertz CT molecular complexity index is 614. The Labute approximate surface area is 121 Å². The van der Waals surface area contributed by atoms with Gasteiger partial charge in [0.1, 0.15) is 0 Å². The van der Waals surface area contributed by atoms with E-state index in [1.165, 1.54) is 35.2 Å². The molecule has 2 nitrogen and oxygen atoms in total. The van der Waals surface area contributed by atoms with Crippen LogP contribution in [0.1, 0.15) is 29.2 Å². The minimum atomic E-state index is 0.788. The fraction of sp³-hybridized carbons (Fsp3) is 0.333. The summed E-state index contributed by atoms with van der Waals surface area (Å²) in [6.45, 7) is 5.42. The highest BCUT2D eigenvalue weighted by atomic mass is 14.9. The highest BCUT2D eigenvalue weighted by Crippen LogP contribution is 2.32. The second kappa shape index (κ2) is 5.20. The second-order valence-electron chi connectivity index (χ2n) is 5.98. The van der Waals surface area contributed by atoms with Crippen molar-refractivity contribution in [3.05, 3.63) is 58.7 Å². The van der Waals surface area contributed by atoms with Gasteiger partial charge in [-0.25, -0.2) is 0 Å². The Hall–Kier alpha value is -1.96. The summed E-state index contributed by atoms with van der Waals surface area (Å²) in [7, 11) is 0. The Kier molecular flexibility index (Phi) is 3.39. The van der Waals surface area contributed by atoms with Gasteiger partial charge in [0.15, 0.2) is 0 Å². The van der Waals surface area contributed by atoms with E-state index in [0.29, 0.717) is 0 Å². The largest absolute Gasteiger partial charge is 0.399 e. The van der Waals surface area contributed by atoms with E-state index in [1.54, 1.807) is 5.56 Å². The van der Waals surface area contributed by atoms with Crippen LogP contribution < -0.4 is 11.1 Å². The number of benzene rings is 2. The highest BCUT2D eigenvalue weighted by molar-refractivity contribution is 5.58. The molecular weight excluding hydrogens is 244 g/mol. The first-order valence-corrected chi connectivity index (χ1v) is 7.33. The Morgan fingerprint density at radius 3 is 2.60 bits per heavy atom.